The number of amides is 1. The Morgan fingerprint density at radius 1 is 1.25 bits per heavy atom. The van der Waals surface area contributed by atoms with Crippen molar-refractivity contribution in [3.05, 3.63) is 0 Å². The van der Waals surface area contributed by atoms with E-state index in [4.69, 9.17) is 9.84 Å². The lowest BCUT2D eigenvalue weighted by atomic mass is 9.90. The minimum absolute atomic E-state index is 0.282. The number of halogens is 3. The van der Waals surface area contributed by atoms with Gasteiger partial charge in [-0.25, -0.2) is 9.59 Å². The zero-order chi connectivity index (χ0) is 15.7. The first-order chi connectivity index (χ1) is 8.92. The summed E-state index contributed by atoms with van der Waals surface area (Å²) in [7, 11) is 0. The molecule has 5 nitrogen and oxygen atoms in total. The number of carboxylic acid groups (broad SMARTS) is 1. The van der Waals surface area contributed by atoms with Crippen LogP contribution >= 0.6 is 0 Å². The van der Waals surface area contributed by atoms with Crippen molar-refractivity contribution in [3.63, 3.8) is 0 Å². The van der Waals surface area contributed by atoms with Crippen molar-refractivity contribution < 1.29 is 32.6 Å². The summed E-state index contributed by atoms with van der Waals surface area (Å²) in [6.45, 7) is 4.52. The van der Waals surface area contributed by atoms with E-state index in [1.807, 2.05) is 0 Å². The summed E-state index contributed by atoms with van der Waals surface area (Å²) in [5.74, 6) is -3.16. The van der Waals surface area contributed by atoms with Gasteiger partial charge in [0.1, 0.15) is 11.6 Å². The standard InChI is InChI=1S/C12H18F3NO4/c1-11(2,3)20-10(19)16-5-4-7(12(13,14)15)6-8(16)9(17)18/h7-8H,4-6H2,1-3H3,(H,17,18)/t7-,8+/m0/s1. The van der Waals surface area contributed by atoms with Gasteiger partial charge in [-0.15, -0.1) is 0 Å². The molecule has 116 valence electrons. The fourth-order valence-corrected chi connectivity index (χ4v) is 2.04. The van der Waals surface area contributed by atoms with Crippen LogP contribution in [-0.2, 0) is 9.53 Å². The first-order valence-electron chi connectivity index (χ1n) is 6.21. The molecule has 0 spiro atoms. The van der Waals surface area contributed by atoms with Gasteiger partial charge < -0.3 is 9.84 Å². The number of carboxylic acids is 1. The SMILES string of the molecule is CC(C)(C)OC(=O)N1CC[C@H](C(F)(F)F)C[C@@H]1C(=O)O. The molecule has 2 atom stereocenters. The van der Waals surface area contributed by atoms with Crippen molar-refractivity contribution in [2.24, 2.45) is 5.92 Å². The molecule has 1 aliphatic heterocycles. The van der Waals surface area contributed by atoms with Crippen molar-refractivity contribution in [1.29, 1.82) is 0 Å². The van der Waals surface area contributed by atoms with Crippen LogP contribution in [0, 0.1) is 5.92 Å². The van der Waals surface area contributed by atoms with Gasteiger partial charge in [-0.2, -0.15) is 13.2 Å². The fourth-order valence-electron chi connectivity index (χ4n) is 2.04. The van der Waals surface area contributed by atoms with E-state index >= 15 is 0 Å². The first-order valence-corrected chi connectivity index (χ1v) is 6.21. The number of carbonyl (C=O) groups is 2. The van der Waals surface area contributed by atoms with Crippen molar-refractivity contribution in [1.82, 2.24) is 4.90 Å². The molecule has 0 aromatic heterocycles. The monoisotopic (exact) mass is 297 g/mol. The fraction of sp³-hybridized carbons (Fsp3) is 0.833. The van der Waals surface area contributed by atoms with E-state index in [0.29, 0.717) is 0 Å². The predicted molar refractivity (Wildman–Crippen MR) is 63.1 cm³/mol. The minimum Gasteiger partial charge on any atom is -0.480 e. The molecule has 1 N–H and O–H groups in total. The van der Waals surface area contributed by atoms with E-state index in [-0.39, 0.29) is 13.0 Å². The van der Waals surface area contributed by atoms with Crippen LogP contribution < -0.4 is 0 Å². The zero-order valence-electron chi connectivity index (χ0n) is 11.5. The van der Waals surface area contributed by atoms with Gasteiger partial charge >= 0.3 is 18.2 Å². The quantitative estimate of drug-likeness (QED) is 0.808. The lowest BCUT2D eigenvalue weighted by molar-refractivity contribution is -0.191. The summed E-state index contributed by atoms with van der Waals surface area (Å²) < 4.78 is 43.0. The number of hydrogen-bond donors (Lipinski definition) is 1. The molecule has 0 aliphatic carbocycles. The van der Waals surface area contributed by atoms with Crippen LogP contribution in [0.15, 0.2) is 0 Å². The second-order valence-corrected chi connectivity index (χ2v) is 5.79. The van der Waals surface area contributed by atoms with Crippen LogP contribution in [0.5, 0.6) is 0 Å². The molecule has 0 aromatic carbocycles. The van der Waals surface area contributed by atoms with E-state index < -0.39 is 42.2 Å². The Balaban J connectivity index is 2.83. The molecule has 1 heterocycles. The molecule has 1 saturated heterocycles. The van der Waals surface area contributed by atoms with E-state index in [2.05, 4.69) is 0 Å². The maximum atomic E-state index is 12.6. The highest BCUT2D eigenvalue weighted by molar-refractivity contribution is 5.80. The van der Waals surface area contributed by atoms with Gasteiger partial charge in [-0.1, -0.05) is 0 Å². The van der Waals surface area contributed by atoms with E-state index in [1.54, 1.807) is 20.8 Å². The summed E-state index contributed by atoms with van der Waals surface area (Å²) in [5, 5.41) is 9.02. The van der Waals surface area contributed by atoms with Crippen LogP contribution in [0.2, 0.25) is 0 Å². The molecule has 0 radical (unpaired) electrons. The molecule has 20 heavy (non-hydrogen) atoms. The van der Waals surface area contributed by atoms with Gasteiger partial charge in [0, 0.05) is 6.54 Å². The summed E-state index contributed by atoms with van der Waals surface area (Å²) in [6, 6.07) is -1.51. The van der Waals surface area contributed by atoms with Crippen molar-refractivity contribution in [2.45, 2.75) is 51.4 Å². The highest BCUT2D eigenvalue weighted by Crippen LogP contribution is 2.37. The van der Waals surface area contributed by atoms with Gasteiger partial charge in [0.15, 0.2) is 0 Å². The zero-order valence-corrected chi connectivity index (χ0v) is 11.5. The topological polar surface area (TPSA) is 66.8 Å². The number of nitrogens with zero attached hydrogens (tertiary/aromatic N) is 1. The number of rotatable bonds is 1. The van der Waals surface area contributed by atoms with Gasteiger partial charge in [0.25, 0.3) is 0 Å². The Kier molecular flexibility index (Phi) is 4.55. The Hall–Kier alpha value is -1.47. The van der Waals surface area contributed by atoms with Crippen LogP contribution in [0.1, 0.15) is 33.6 Å². The molecular weight excluding hydrogens is 279 g/mol. The van der Waals surface area contributed by atoms with Gasteiger partial charge in [0.2, 0.25) is 0 Å². The summed E-state index contributed by atoms with van der Waals surface area (Å²) in [4.78, 5) is 23.8. The molecule has 1 aliphatic rings. The van der Waals surface area contributed by atoms with Gasteiger partial charge in [0.05, 0.1) is 5.92 Å². The lowest BCUT2D eigenvalue weighted by Crippen LogP contribution is -2.53. The summed E-state index contributed by atoms with van der Waals surface area (Å²) in [6.07, 6.45) is -6.30. The van der Waals surface area contributed by atoms with Gasteiger partial charge in [-0.05, 0) is 33.6 Å². The highest BCUT2D eigenvalue weighted by Gasteiger charge is 2.48. The van der Waals surface area contributed by atoms with Crippen molar-refractivity contribution in [3.8, 4) is 0 Å². The Bertz CT molecular complexity index is 389. The van der Waals surface area contributed by atoms with Gasteiger partial charge in [-0.3, -0.25) is 4.90 Å². The Morgan fingerprint density at radius 2 is 1.80 bits per heavy atom. The maximum absolute atomic E-state index is 12.6. The highest BCUT2D eigenvalue weighted by atomic mass is 19.4. The van der Waals surface area contributed by atoms with Crippen LogP contribution in [0.4, 0.5) is 18.0 Å². The molecule has 0 bridgehead atoms. The molecule has 8 heteroatoms. The number of ether oxygens (including phenoxy) is 1. The molecule has 0 saturated carbocycles. The molecule has 1 fully saturated rings. The minimum atomic E-state index is -4.45. The average molecular weight is 297 g/mol. The molecule has 1 amide bonds. The van der Waals surface area contributed by atoms with Crippen LogP contribution in [-0.4, -0.2) is 46.4 Å². The number of aliphatic carboxylic acids is 1. The molecule has 0 aromatic rings. The molecular formula is C12H18F3NO4. The van der Waals surface area contributed by atoms with Crippen LogP contribution in [0.25, 0.3) is 0 Å². The van der Waals surface area contributed by atoms with Crippen molar-refractivity contribution >= 4 is 12.1 Å². The van der Waals surface area contributed by atoms with Crippen molar-refractivity contribution in [2.75, 3.05) is 6.54 Å². The number of carbonyl (C=O) groups excluding carboxylic acids is 1. The third kappa shape index (κ3) is 4.28. The lowest BCUT2D eigenvalue weighted by Gasteiger charge is -2.38. The number of hydrogen-bond acceptors (Lipinski definition) is 3. The molecule has 0 unspecified atom stereocenters. The normalized spacial score (nSPS) is 24.4. The second kappa shape index (κ2) is 5.49. The van der Waals surface area contributed by atoms with E-state index in [9.17, 15) is 22.8 Å². The Morgan fingerprint density at radius 3 is 2.20 bits per heavy atom. The Labute approximate surface area is 114 Å². The summed E-state index contributed by atoms with van der Waals surface area (Å²) >= 11 is 0. The van der Waals surface area contributed by atoms with E-state index in [1.165, 1.54) is 0 Å². The predicted octanol–water partition coefficient (Wildman–Crippen LogP) is 2.65. The number of likely N-dealkylation sites (tertiary alicyclic amines) is 1. The third-order valence-corrected chi connectivity index (χ3v) is 2.98. The first kappa shape index (κ1) is 16.6. The summed E-state index contributed by atoms with van der Waals surface area (Å²) in [5.41, 5.74) is -0.832. The maximum Gasteiger partial charge on any atom is 0.411 e. The number of piperidine rings is 1. The molecule has 1 rings (SSSR count). The average Bonchev–Trinajstić information content (AvgIpc) is 2.24. The smallest absolute Gasteiger partial charge is 0.411 e. The second-order valence-electron chi connectivity index (χ2n) is 5.79. The largest absolute Gasteiger partial charge is 0.480 e. The number of alkyl halides is 3. The van der Waals surface area contributed by atoms with E-state index in [0.717, 1.165) is 4.90 Å². The third-order valence-electron chi connectivity index (χ3n) is 2.98. The van der Waals surface area contributed by atoms with Crippen LogP contribution in [0.3, 0.4) is 0 Å².